The van der Waals surface area contributed by atoms with Gasteiger partial charge in [-0.25, -0.2) is 4.98 Å². The molecule has 0 unspecified atom stereocenters. The summed E-state index contributed by atoms with van der Waals surface area (Å²) in [6.45, 7) is 4.47. The lowest BCUT2D eigenvalue weighted by Crippen LogP contribution is -1.79. The maximum Gasteiger partial charge on any atom is 0.0931 e. The van der Waals surface area contributed by atoms with Gasteiger partial charge in [0.25, 0.3) is 0 Å². The van der Waals surface area contributed by atoms with E-state index in [1.807, 2.05) is 0 Å². The van der Waals surface area contributed by atoms with E-state index in [0.717, 1.165) is 24.2 Å². The van der Waals surface area contributed by atoms with Crippen molar-refractivity contribution in [3.8, 4) is 0 Å². The number of nitrogens with one attached hydrogen (secondary N) is 1. The Labute approximate surface area is 118 Å². The number of unbranched alkanes of at least 4 members (excludes halogenated alkanes) is 6. The monoisotopic (exact) mass is 260 g/mol. The van der Waals surface area contributed by atoms with Gasteiger partial charge in [-0.05, 0) is 37.8 Å². The SMILES string of the molecule is CCCCCC=Cc1nc[nH]c1C=CCCCCC. The van der Waals surface area contributed by atoms with Crippen LogP contribution in [0.5, 0.6) is 0 Å². The normalized spacial score (nSPS) is 11.9. The predicted molar refractivity (Wildman–Crippen MR) is 84.9 cm³/mol. The van der Waals surface area contributed by atoms with Crippen molar-refractivity contribution in [2.45, 2.75) is 65.2 Å². The molecule has 0 atom stereocenters. The van der Waals surface area contributed by atoms with Gasteiger partial charge in [0.1, 0.15) is 0 Å². The highest BCUT2D eigenvalue weighted by molar-refractivity contribution is 5.59. The van der Waals surface area contributed by atoms with Gasteiger partial charge < -0.3 is 4.98 Å². The number of aromatic amines is 1. The minimum Gasteiger partial charge on any atom is -0.345 e. The Morgan fingerprint density at radius 3 is 2.21 bits per heavy atom. The summed E-state index contributed by atoms with van der Waals surface area (Å²) in [5.41, 5.74) is 2.19. The highest BCUT2D eigenvalue weighted by Gasteiger charge is 1.97. The first-order valence-corrected chi connectivity index (χ1v) is 7.75. The van der Waals surface area contributed by atoms with E-state index in [0.29, 0.717) is 0 Å². The predicted octanol–water partition coefficient (Wildman–Crippen LogP) is 5.60. The first kappa shape index (κ1) is 15.7. The number of hydrogen-bond acceptors (Lipinski definition) is 1. The highest BCUT2D eigenvalue weighted by Crippen LogP contribution is 2.10. The lowest BCUT2D eigenvalue weighted by molar-refractivity contribution is 0.730. The molecule has 106 valence electrons. The maximum atomic E-state index is 4.36. The van der Waals surface area contributed by atoms with Crippen LogP contribution in [0.1, 0.15) is 76.6 Å². The molecule has 0 aliphatic carbocycles. The van der Waals surface area contributed by atoms with Crippen LogP contribution in [0.3, 0.4) is 0 Å². The molecule has 1 heterocycles. The van der Waals surface area contributed by atoms with Crippen LogP contribution >= 0.6 is 0 Å². The minimum atomic E-state index is 1.06. The summed E-state index contributed by atoms with van der Waals surface area (Å²) in [5, 5.41) is 0. The fourth-order valence-electron chi connectivity index (χ4n) is 2.00. The number of hydrogen-bond donors (Lipinski definition) is 1. The maximum absolute atomic E-state index is 4.36. The van der Waals surface area contributed by atoms with E-state index in [9.17, 15) is 0 Å². The lowest BCUT2D eigenvalue weighted by atomic mass is 10.1. The van der Waals surface area contributed by atoms with Crippen LogP contribution in [-0.4, -0.2) is 9.97 Å². The molecule has 0 spiro atoms. The van der Waals surface area contributed by atoms with Crippen LogP contribution in [0, 0.1) is 0 Å². The summed E-state index contributed by atoms with van der Waals surface area (Å²) in [6, 6.07) is 0. The molecule has 0 aromatic carbocycles. The molecule has 2 nitrogen and oxygen atoms in total. The van der Waals surface area contributed by atoms with Crippen molar-refractivity contribution < 1.29 is 0 Å². The molecular weight excluding hydrogens is 232 g/mol. The van der Waals surface area contributed by atoms with Gasteiger partial charge in [-0.3, -0.25) is 0 Å². The zero-order valence-corrected chi connectivity index (χ0v) is 12.5. The third-order valence-corrected chi connectivity index (χ3v) is 3.21. The Balaban J connectivity index is 2.37. The molecule has 19 heavy (non-hydrogen) atoms. The van der Waals surface area contributed by atoms with Crippen LogP contribution < -0.4 is 0 Å². The van der Waals surface area contributed by atoms with Crippen LogP contribution in [0.2, 0.25) is 0 Å². The summed E-state index contributed by atoms with van der Waals surface area (Å²) < 4.78 is 0. The molecule has 1 N–H and O–H groups in total. The number of rotatable bonds is 10. The molecule has 0 fully saturated rings. The largest absolute Gasteiger partial charge is 0.345 e. The van der Waals surface area contributed by atoms with Crippen molar-refractivity contribution in [2.24, 2.45) is 0 Å². The molecule has 0 bridgehead atoms. The van der Waals surface area contributed by atoms with Crippen LogP contribution in [0.25, 0.3) is 12.2 Å². The Hall–Kier alpha value is -1.31. The summed E-state index contributed by atoms with van der Waals surface area (Å²) in [5.74, 6) is 0. The summed E-state index contributed by atoms with van der Waals surface area (Å²) in [7, 11) is 0. The molecule has 0 saturated heterocycles. The quantitative estimate of drug-likeness (QED) is 0.545. The first-order valence-electron chi connectivity index (χ1n) is 7.75. The van der Waals surface area contributed by atoms with E-state index in [1.54, 1.807) is 6.33 Å². The second-order valence-corrected chi connectivity index (χ2v) is 5.00. The second-order valence-electron chi connectivity index (χ2n) is 5.00. The standard InChI is InChI=1S/C17H28N2/c1-3-5-7-9-11-13-16-17(19-15-18-16)14-12-10-8-6-4-2/h11-15H,3-10H2,1-2H3,(H,18,19). The van der Waals surface area contributed by atoms with Crippen molar-refractivity contribution in [3.05, 3.63) is 29.9 Å². The van der Waals surface area contributed by atoms with Crippen molar-refractivity contribution in [1.82, 2.24) is 9.97 Å². The van der Waals surface area contributed by atoms with Gasteiger partial charge in [-0.2, -0.15) is 0 Å². The molecule has 1 aromatic heterocycles. The van der Waals surface area contributed by atoms with Gasteiger partial charge in [0, 0.05) is 0 Å². The lowest BCUT2D eigenvalue weighted by Gasteiger charge is -1.94. The van der Waals surface area contributed by atoms with Crippen molar-refractivity contribution >= 4 is 12.2 Å². The summed E-state index contributed by atoms with van der Waals surface area (Å²) >= 11 is 0. The summed E-state index contributed by atoms with van der Waals surface area (Å²) in [4.78, 5) is 7.56. The van der Waals surface area contributed by atoms with Gasteiger partial charge in [-0.1, -0.05) is 51.7 Å². The van der Waals surface area contributed by atoms with Gasteiger partial charge in [0.05, 0.1) is 17.7 Å². The molecule has 2 heteroatoms. The topological polar surface area (TPSA) is 28.7 Å². The fourth-order valence-corrected chi connectivity index (χ4v) is 2.00. The number of aromatic nitrogens is 2. The van der Waals surface area contributed by atoms with Gasteiger partial charge in [0.2, 0.25) is 0 Å². The third-order valence-electron chi connectivity index (χ3n) is 3.21. The number of allylic oxidation sites excluding steroid dienone is 2. The smallest absolute Gasteiger partial charge is 0.0931 e. The molecule has 0 amide bonds. The molecule has 0 saturated carbocycles. The fraction of sp³-hybridized carbons (Fsp3) is 0.588. The van der Waals surface area contributed by atoms with Crippen LogP contribution in [0.15, 0.2) is 18.5 Å². The highest BCUT2D eigenvalue weighted by atomic mass is 14.9. The minimum absolute atomic E-state index is 1.06. The Kier molecular flexibility index (Phi) is 8.78. The molecule has 1 aromatic rings. The van der Waals surface area contributed by atoms with E-state index in [2.05, 4.69) is 48.1 Å². The Morgan fingerprint density at radius 2 is 1.58 bits per heavy atom. The van der Waals surface area contributed by atoms with Crippen molar-refractivity contribution in [3.63, 3.8) is 0 Å². The van der Waals surface area contributed by atoms with E-state index in [4.69, 9.17) is 0 Å². The van der Waals surface area contributed by atoms with Gasteiger partial charge >= 0.3 is 0 Å². The average Bonchev–Trinajstić information content (AvgIpc) is 2.86. The van der Waals surface area contributed by atoms with Crippen molar-refractivity contribution in [1.29, 1.82) is 0 Å². The van der Waals surface area contributed by atoms with Gasteiger partial charge in [0.15, 0.2) is 0 Å². The number of nitrogens with zero attached hydrogens (tertiary/aromatic N) is 1. The van der Waals surface area contributed by atoms with Crippen LogP contribution in [0.4, 0.5) is 0 Å². The summed E-state index contributed by atoms with van der Waals surface area (Å²) in [6.07, 6.45) is 20.6. The van der Waals surface area contributed by atoms with Crippen molar-refractivity contribution in [2.75, 3.05) is 0 Å². The Morgan fingerprint density at radius 1 is 0.947 bits per heavy atom. The van der Waals surface area contributed by atoms with E-state index >= 15 is 0 Å². The zero-order valence-electron chi connectivity index (χ0n) is 12.5. The molecular formula is C17H28N2. The molecule has 0 aliphatic rings. The van der Waals surface area contributed by atoms with E-state index in [-0.39, 0.29) is 0 Å². The molecule has 0 radical (unpaired) electrons. The average molecular weight is 260 g/mol. The van der Waals surface area contributed by atoms with E-state index in [1.165, 1.54) is 38.5 Å². The second kappa shape index (κ2) is 10.6. The zero-order chi connectivity index (χ0) is 13.8. The molecule has 1 rings (SSSR count). The number of H-pyrrole nitrogens is 1. The van der Waals surface area contributed by atoms with Crippen LogP contribution in [-0.2, 0) is 0 Å². The van der Waals surface area contributed by atoms with E-state index < -0.39 is 0 Å². The van der Waals surface area contributed by atoms with Gasteiger partial charge in [-0.15, -0.1) is 0 Å². The molecule has 0 aliphatic heterocycles. The third kappa shape index (κ3) is 7.00. The first-order chi connectivity index (χ1) is 9.38. The Bertz CT molecular complexity index is 340. The number of imidazole rings is 1.